The van der Waals surface area contributed by atoms with Gasteiger partial charge < -0.3 is 15.8 Å². The van der Waals surface area contributed by atoms with Gasteiger partial charge in [0.1, 0.15) is 5.84 Å². The van der Waals surface area contributed by atoms with Gasteiger partial charge in [-0.25, -0.2) is 0 Å². The lowest BCUT2D eigenvalue weighted by atomic mass is 9.79. The first-order chi connectivity index (χ1) is 9.37. The first kappa shape index (κ1) is 14.4. The maximum atomic E-state index is 12.4. The van der Waals surface area contributed by atoms with Crippen molar-refractivity contribution in [3.8, 4) is 0 Å². The number of carbonyl (C=O) groups is 1. The molecule has 1 amide bonds. The van der Waals surface area contributed by atoms with E-state index in [0.717, 1.165) is 5.69 Å². The fourth-order valence-corrected chi connectivity index (χ4v) is 2.56. The maximum Gasteiger partial charge on any atom is 0.257 e. The Hall–Kier alpha value is -2.05. The summed E-state index contributed by atoms with van der Waals surface area (Å²) in [6.07, 6.45) is 3.12. The van der Waals surface area contributed by atoms with E-state index >= 15 is 0 Å². The molecule has 0 radical (unpaired) electrons. The number of aromatic nitrogens is 2. The third-order valence-corrected chi connectivity index (χ3v) is 4.12. The molecule has 7 nitrogen and oxygen atoms in total. The molecule has 2 rings (SSSR count). The van der Waals surface area contributed by atoms with Gasteiger partial charge in [0.2, 0.25) is 0 Å². The molecule has 20 heavy (non-hydrogen) atoms. The number of rotatable bonds is 2. The third-order valence-electron chi connectivity index (χ3n) is 4.12. The molecule has 7 heteroatoms. The molecule has 0 spiro atoms. The zero-order chi connectivity index (χ0) is 14.9. The summed E-state index contributed by atoms with van der Waals surface area (Å²) < 4.78 is 1.65. The lowest BCUT2D eigenvalue weighted by molar-refractivity contribution is 0.0665. The molecule has 1 saturated heterocycles. The second-order valence-electron chi connectivity index (χ2n) is 5.64. The predicted molar refractivity (Wildman–Crippen MR) is 74.6 cm³/mol. The summed E-state index contributed by atoms with van der Waals surface area (Å²) in [6.45, 7) is 4.98. The number of aryl methyl sites for hydroxylation is 2. The molecule has 1 aliphatic rings. The highest BCUT2D eigenvalue weighted by Crippen LogP contribution is 2.31. The zero-order valence-corrected chi connectivity index (χ0v) is 12.1. The Kier molecular flexibility index (Phi) is 3.69. The van der Waals surface area contributed by atoms with Crippen molar-refractivity contribution in [2.75, 3.05) is 13.1 Å². The molecule has 0 aliphatic carbocycles. The monoisotopic (exact) mass is 279 g/mol. The molecule has 1 aromatic heterocycles. The van der Waals surface area contributed by atoms with Crippen molar-refractivity contribution in [3.05, 3.63) is 17.5 Å². The predicted octanol–water partition coefficient (Wildman–Crippen LogP) is 0.717. The number of oxime groups is 1. The van der Waals surface area contributed by atoms with E-state index in [1.54, 1.807) is 22.8 Å². The summed E-state index contributed by atoms with van der Waals surface area (Å²) >= 11 is 0. The van der Waals surface area contributed by atoms with Crippen LogP contribution in [0.4, 0.5) is 0 Å². The van der Waals surface area contributed by atoms with Crippen molar-refractivity contribution in [3.63, 3.8) is 0 Å². The normalized spacial score (nSPS) is 19.1. The topological polar surface area (TPSA) is 96.7 Å². The van der Waals surface area contributed by atoms with E-state index in [9.17, 15) is 4.79 Å². The van der Waals surface area contributed by atoms with Crippen molar-refractivity contribution in [1.82, 2.24) is 14.7 Å². The molecule has 110 valence electrons. The van der Waals surface area contributed by atoms with Crippen LogP contribution in [-0.4, -0.2) is 44.7 Å². The second-order valence-corrected chi connectivity index (χ2v) is 5.64. The van der Waals surface area contributed by atoms with Gasteiger partial charge in [-0.15, -0.1) is 0 Å². The van der Waals surface area contributed by atoms with E-state index < -0.39 is 0 Å². The van der Waals surface area contributed by atoms with Crippen molar-refractivity contribution < 1.29 is 10.0 Å². The van der Waals surface area contributed by atoms with Gasteiger partial charge >= 0.3 is 0 Å². The van der Waals surface area contributed by atoms with E-state index in [0.29, 0.717) is 31.5 Å². The van der Waals surface area contributed by atoms with Gasteiger partial charge in [0.05, 0.1) is 11.3 Å². The summed E-state index contributed by atoms with van der Waals surface area (Å²) in [5.41, 5.74) is 6.76. The average molecular weight is 279 g/mol. The Balaban J connectivity index is 2.08. The molecule has 0 bridgehead atoms. The fraction of sp³-hybridized carbons (Fsp3) is 0.615. The Morgan fingerprint density at radius 3 is 2.55 bits per heavy atom. The van der Waals surface area contributed by atoms with E-state index in [2.05, 4.69) is 10.3 Å². The van der Waals surface area contributed by atoms with Crippen LogP contribution in [0.2, 0.25) is 0 Å². The maximum absolute atomic E-state index is 12.4. The van der Waals surface area contributed by atoms with Crippen LogP contribution in [0.3, 0.4) is 0 Å². The van der Waals surface area contributed by atoms with Gasteiger partial charge in [0, 0.05) is 31.7 Å². The highest BCUT2D eigenvalue weighted by atomic mass is 16.4. The molecule has 0 saturated carbocycles. The van der Waals surface area contributed by atoms with Gasteiger partial charge in [0.25, 0.3) is 5.91 Å². The van der Waals surface area contributed by atoms with E-state index in [1.807, 2.05) is 13.8 Å². The highest BCUT2D eigenvalue weighted by Gasteiger charge is 2.36. The molecule has 0 aromatic carbocycles. The SMILES string of the molecule is Cc1nn(C)cc1C(=O)N1CCC(C)(/C(N)=N/O)CC1. The van der Waals surface area contributed by atoms with E-state index in [4.69, 9.17) is 10.9 Å². The second kappa shape index (κ2) is 5.15. The standard InChI is InChI=1S/C13H21N5O2/c1-9-10(8-17(3)15-9)11(19)18-6-4-13(2,5-7-18)12(14)16-20/h8,20H,4-7H2,1-3H3,(H2,14,16). The largest absolute Gasteiger partial charge is 0.409 e. The number of nitrogens with two attached hydrogens (primary N) is 1. The van der Waals surface area contributed by atoms with Crippen LogP contribution in [0.25, 0.3) is 0 Å². The van der Waals surface area contributed by atoms with Crippen LogP contribution in [0.15, 0.2) is 11.4 Å². The number of hydrogen-bond acceptors (Lipinski definition) is 4. The fourth-order valence-electron chi connectivity index (χ4n) is 2.56. The summed E-state index contributed by atoms with van der Waals surface area (Å²) in [5.74, 6) is 0.235. The Labute approximate surface area is 118 Å². The first-order valence-corrected chi connectivity index (χ1v) is 6.65. The molecule has 1 aliphatic heterocycles. The van der Waals surface area contributed by atoms with Crippen molar-refractivity contribution >= 4 is 11.7 Å². The Bertz CT molecular complexity index is 541. The number of nitrogens with zero attached hydrogens (tertiary/aromatic N) is 4. The van der Waals surface area contributed by atoms with Gasteiger partial charge in [-0.1, -0.05) is 12.1 Å². The molecular formula is C13H21N5O2. The van der Waals surface area contributed by atoms with E-state index in [-0.39, 0.29) is 17.2 Å². The zero-order valence-electron chi connectivity index (χ0n) is 12.1. The minimum absolute atomic E-state index is 0.00263. The smallest absolute Gasteiger partial charge is 0.257 e. The van der Waals surface area contributed by atoms with Gasteiger partial charge in [-0.2, -0.15) is 5.10 Å². The molecule has 2 heterocycles. The lowest BCUT2D eigenvalue weighted by Gasteiger charge is -2.38. The van der Waals surface area contributed by atoms with Crippen molar-refractivity contribution in [1.29, 1.82) is 0 Å². The van der Waals surface area contributed by atoms with Crippen LogP contribution >= 0.6 is 0 Å². The number of hydrogen-bond donors (Lipinski definition) is 2. The van der Waals surface area contributed by atoms with Crippen LogP contribution in [-0.2, 0) is 7.05 Å². The highest BCUT2D eigenvalue weighted by molar-refractivity contribution is 5.95. The number of likely N-dealkylation sites (tertiary alicyclic amines) is 1. The first-order valence-electron chi connectivity index (χ1n) is 6.65. The molecule has 3 N–H and O–H groups in total. The van der Waals surface area contributed by atoms with Crippen molar-refractivity contribution in [2.24, 2.45) is 23.4 Å². The molecule has 1 fully saturated rings. The number of carbonyl (C=O) groups excluding carboxylic acids is 1. The Morgan fingerprint density at radius 1 is 1.50 bits per heavy atom. The Morgan fingerprint density at radius 2 is 2.10 bits per heavy atom. The summed E-state index contributed by atoms with van der Waals surface area (Å²) in [4.78, 5) is 14.2. The van der Waals surface area contributed by atoms with E-state index in [1.165, 1.54) is 0 Å². The quantitative estimate of drug-likeness (QED) is 0.361. The summed E-state index contributed by atoms with van der Waals surface area (Å²) in [7, 11) is 1.80. The molecular weight excluding hydrogens is 258 g/mol. The van der Waals surface area contributed by atoms with Gasteiger partial charge in [0.15, 0.2) is 0 Å². The number of amidine groups is 1. The van der Waals surface area contributed by atoms with Crippen LogP contribution < -0.4 is 5.73 Å². The third kappa shape index (κ3) is 2.48. The van der Waals surface area contributed by atoms with Crippen LogP contribution in [0.1, 0.15) is 35.8 Å². The van der Waals surface area contributed by atoms with Crippen molar-refractivity contribution in [2.45, 2.75) is 26.7 Å². The van der Waals surface area contributed by atoms with Gasteiger partial charge in [-0.3, -0.25) is 9.48 Å². The van der Waals surface area contributed by atoms with Gasteiger partial charge in [-0.05, 0) is 19.8 Å². The minimum Gasteiger partial charge on any atom is -0.409 e. The number of amides is 1. The molecule has 1 aromatic rings. The summed E-state index contributed by atoms with van der Waals surface area (Å²) in [5, 5.41) is 16.1. The lowest BCUT2D eigenvalue weighted by Crippen LogP contribution is -2.47. The molecule has 0 unspecified atom stereocenters. The number of piperidine rings is 1. The average Bonchev–Trinajstić information content (AvgIpc) is 2.76. The van der Waals surface area contributed by atoms with Crippen LogP contribution in [0, 0.1) is 12.3 Å². The van der Waals surface area contributed by atoms with Crippen LogP contribution in [0.5, 0.6) is 0 Å². The summed E-state index contributed by atoms with van der Waals surface area (Å²) in [6, 6.07) is 0. The minimum atomic E-state index is -0.338. The molecule has 0 atom stereocenters.